The minimum Gasteiger partial charge on any atom is -0.477 e. The summed E-state index contributed by atoms with van der Waals surface area (Å²) in [5.41, 5.74) is 3.46. The molecule has 2 aromatic heterocycles. The summed E-state index contributed by atoms with van der Waals surface area (Å²) in [6, 6.07) is 4.26. The summed E-state index contributed by atoms with van der Waals surface area (Å²) < 4.78 is 5.93. The van der Waals surface area contributed by atoms with E-state index in [4.69, 9.17) is 4.74 Å². The third-order valence-corrected chi connectivity index (χ3v) is 4.00. The van der Waals surface area contributed by atoms with Gasteiger partial charge in [-0.2, -0.15) is 4.98 Å². The Balaban J connectivity index is 1.60. The van der Waals surface area contributed by atoms with Gasteiger partial charge >= 0.3 is 0 Å². The smallest absolute Gasteiger partial charge is 0.219 e. The zero-order valence-corrected chi connectivity index (χ0v) is 12.8. The molecule has 2 aromatic rings. The highest BCUT2D eigenvalue weighted by Crippen LogP contribution is 2.46. The van der Waals surface area contributed by atoms with Crippen LogP contribution in [0.2, 0.25) is 0 Å². The van der Waals surface area contributed by atoms with Crippen LogP contribution < -0.4 is 4.74 Å². The Labute approximate surface area is 125 Å². The number of nitrogens with zero attached hydrogens (tertiary/aromatic N) is 3. The molecule has 0 aromatic carbocycles. The van der Waals surface area contributed by atoms with E-state index in [9.17, 15) is 0 Å². The minimum absolute atomic E-state index is 0.540. The van der Waals surface area contributed by atoms with Gasteiger partial charge in [0.2, 0.25) is 5.88 Å². The van der Waals surface area contributed by atoms with E-state index in [2.05, 4.69) is 40.9 Å². The van der Waals surface area contributed by atoms with Gasteiger partial charge in [0.15, 0.2) is 0 Å². The number of hydrogen-bond acceptors (Lipinski definition) is 4. The van der Waals surface area contributed by atoms with Crippen molar-refractivity contribution in [1.82, 2.24) is 15.0 Å². The van der Waals surface area contributed by atoms with Gasteiger partial charge in [-0.3, -0.25) is 4.98 Å². The Morgan fingerprint density at radius 2 is 2.05 bits per heavy atom. The van der Waals surface area contributed by atoms with Crippen molar-refractivity contribution in [3.63, 3.8) is 0 Å². The lowest BCUT2D eigenvalue weighted by Crippen LogP contribution is -2.06. The lowest BCUT2D eigenvalue weighted by molar-refractivity contribution is 0.281. The van der Waals surface area contributed by atoms with Crippen LogP contribution >= 0.6 is 0 Å². The van der Waals surface area contributed by atoms with Crippen molar-refractivity contribution in [2.24, 2.45) is 5.92 Å². The predicted molar refractivity (Wildman–Crippen MR) is 81.5 cm³/mol. The van der Waals surface area contributed by atoms with Gasteiger partial charge in [-0.1, -0.05) is 13.0 Å². The van der Waals surface area contributed by atoms with Crippen molar-refractivity contribution in [2.45, 2.75) is 39.5 Å². The first-order chi connectivity index (χ1) is 10.2. The average molecular weight is 283 g/mol. The minimum atomic E-state index is 0.540. The van der Waals surface area contributed by atoms with Crippen LogP contribution in [0.15, 0.2) is 24.5 Å². The topological polar surface area (TPSA) is 47.9 Å². The molecule has 4 nitrogen and oxygen atoms in total. The molecule has 0 bridgehead atoms. The summed E-state index contributed by atoms with van der Waals surface area (Å²) in [5, 5.41) is 0. The maximum atomic E-state index is 5.93. The Kier molecular flexibility index (Phi) is 3.86. The summed E-state index contributed by atoms with van der Waals surface area (Å²) in [6.07, 6.45) is 5.85. The van der Waals surface area contributed by atoms with Gasteiger partial charge in [-0.15, -0.1) is 0 Å². The molecule has 0 saturated heterocycles. The Morgan fingerprint density at radius 1 is 1.19 bits per heavy atom. The van der Waals surface area contributed by atoms with E-state index in [-0.39, 0.29) is 0 Å². The van der Waals surface area contributed by atoms with E-state index in [1.807, 2.05) is 19.3 Å². The van der Waals surface area contributed by atoms with Crippen molar-refractivity contribution >= 4 is 0 Å². The van der Waals surface area contributed by atoms with E-state index in [0.717, 1.165) is 30.1 Å². The molecule has 1 saturated carbocycles. The lowest BCUT2D eigenvalue weighted by atomic mass is 10.2. The number of hydrogen-bond donors (Lipinski definition) is 0. The quantitative estimate of drug-likeness (QED) is 0.845. The molecule has 2 atom stereocenters. The zero-order valence-electron chi connectivity index (χ0n) is 12.8. The normalized spacial score (nSPS) is 20.3. The van der Waals surface area contributed by atoms with Gasteiger partial charge < -0.3 is 4.74 Å². The van der Waals surface area contributed by atoms with Crippen LogP contribution in [0.3, 0.4) is 0 Å². The first kappa shape index (κ1) is 14.0. The third-order valence-electron chi connectivity index (χ3n) is 4.00. The van der Waals surface area contributed by atoms with Crippen molar-refractivity contribution in [3.8, 4) is 5.88 Å². The molecule has 0 N–H and O–H groups in total. The maximum absolute atomic E-state index is 5.93. The maximum Gasteiger partial charge on any atom is 0.219 e. The molecule has 110 valence electrons. The summed E-state index contributed by atoms with van der Waals surface area (Å²) in [6.45, 7) is 6.76. The molecule has 0 spiro atoms. The third kappa shape index (κ3) is 3.20. The fraction of sp³-hybridized carbons (Fsp3) is 0.471. The second-order valence-corrected chi connectivity index (χ2v) is 5.77. The van der Waals surface area contributed by atoms with Crippen molar-refractivity contribution < 1.29 is 4.74 Å². The van der Waals surface area contributed by atoms with E-state index >= 15 is 0 Å². The molecule has 1 aliphatic carbocycles. The van der Waals surface area contributed by atoms with Gasteiger partial charge in [0.1, 0.15) is 5.82 Å². The highest BCUT2D eigenvalue weighted by atomic mass is 16.5. The Morgan fingerprint density at radius 3 is 2.76 bits per heavy atom. The number of ether oxygens (including phenoxy) is 1. The first-order valence-electron chi connectivity index (χ1n) is 7.55. The van der Waals surface area contributed by atoms with Gasteiger partial charge in [0, 0.05) is 35.5 Å². The molecule has 4 heteroatoms. The first-order valence-corrected chi connectivity index (χ1v) is 7.55. The molecule has 1 fully saturated rings. The predicted octanol–water partition coefficient (Wildman–Crippen LogP) is 3.23. The van der Waals surface area contributed by atoms with Gasteiger partial charge in [-0.25, -0.2) is 4.98 Å². The highest BCUT2D eigenvalue weighted by Gasteiger charge is 2.40. The highest BCUT2D eigenvalue weighted by molar-refractivity contribution is 5.25. The van der Waals surface area contributed by atoms with E-state index in [1.54, 1.807) is 0 Å². The van der Waals surface area contributed by atoms with Crippen LogP contribution in [-0.4, -0.2) is 21.6 Å². The fourth-order valence-corrected chi connectivity index (χ4v) is 2.52. The Bertz CT molecular complexity index is 624. The molecule has 0 amide bonds. The standard InChI is InChI=1S/C17H21N3O/c1-4-13-9-18-12(3)20-17(13)21-10-14-7-15(14)16-6-5-11(2)8-19-16/h5-6,8-9,14-15H,4,7,10H2,1-3H3. The van der Waals surface area contributed by atoms with Crippen LogP contribution in [-0.2, 0) is 6.42 Å². The number of aromatic nitrogens is 3. The van der Waals surface area contributed by atoms with Crippen molar-refractivity contribution in [1.29, 1.82) is 0 Å². The SMILES string of the molecule is CCc1cnc(C)nc1OCC1CC1c1ccc(C)cn1. The van der Waals surface area contributed by atoms with Gasteiger partial charge in [0.05, 0.1) is 6.61 Å². The van der Waals surface area contributed by atoms with Crippen LogP contribution in [0.4, 0.5) is 0 Å². The van der Waals surface area contributed by atoms with Gasteiger partial charge in [0.25, 0.3) is 0 Å². The molecule has 3 rings (SSSR count). The molecule has 2 heterocycles. The van der Waals surface area contributed by atoms with E-state index < -0.39 is 0 Å². The molecule has 0 aliphatic heterocycles. The van der Waals surface area contributed by atoms with Crippen LogP contribution in [0.25, 0.3) is 0 Å². The van der Waals surface area contributed by atoms with Crippen LogP contribution in [0.1, 0.15) is 41.9 Å². The number of rotatable bonds is 5. The largest absolute Gasteiger partial charge is 0.477 e. The Hall–Kier alpha value is -1.97. The van der Waals surface area contributed by atoms with E-state index in [0.29, 0.717) is 18.4 Å². The average Bonchev–Trinajstić information content (AvgIpc) is 3.25. The van der Waals surface area contributed by atoms with Crippen molar-refractivity contribution in [2.75, 3.05) is 6.61 Å². The summed E-state index contributed by atoms with van der Waals surface area (Å²) in [5.74, 6) is 2.60. The van der Waals surface area contributed by atoms with Crippen LogP contribution in [0, 0.1) is 19.8 Å². The summed E-state index contributed by atoms with van der Waals surface area (Å²) >= 11 is 0. The lowest BCUT2D eigenvalue weighted by Gasteiger charge is -2.09. The monoisotopic (exact) mass is 283 g/mol. The molecular formula is C17H21N3O. The second-order valence-electron chi connectivity index (χ2n) is 5.77. The zero-order chi connectivity index (χ0) is 14.8. The second kappa shape index (κ2) is 5.80. The number of pyridine rings is 1. The van der Waals surface area contributed by atoms with Crippen molar-refractivity contribution in [3.05, 3.63) is 47.2 Å². The molecule has 21 heavy (non-hydrogen) atoms. The fourth-order valence-electron chi connectivity index (χ4n) is 2.52. The van der Waals surface area contributed by atoms with E-state index in [1.165, 1.54) is 11.3 Å². The molecule has 0 radical (unpaired) electrons. The van der Waals surface area contributed by atoms with Gasteiger partial charge in [-0.05, 0) is 38.3 Å². The summed E-state index contributed by atoms with van der Waals surface area (Å²) in [7, 11) is 0. The summed E-state index contributed by atoms with van der Waals surface area (Å²) in [4.78, 5) is 13.1. The molecular weight excluding hydrogens is 262 g/mol. The van der Waals surface area contributed by atoms with Crippen LogP contribution in [0.5, 0.6) is 5.88 Å². The number of aryl methyl sites for hydroxylation is 3. The molecule has 2 unspecified atom stereocenters. The molecule has 1 aliphatic rings.